The van der Waals surface area contributed by atoms with Crippen molar-refractivity contribution in [2.45, 2.75) is 20.0 Å². The van der Waals surface area contributed by atoms with Gasteiger partial charge in [-0.05, 0) is 19.9 Å². The number of nitrogens with zero attached hydrogens (tertiary/aromatic N) is 2. The Balaban J connectivity index is 1.85. The normalized spacial score (nSPS) is 12.0. The molecule has 0 spiro atoms. The largest absolute Gasteiger partial charge is 0.480 e. The van der Waals surface area contributed by atoms with Crippen molar-refractivity contribution in [3.63, 3.8) is 0 Å². The van der Waals surface area contributed by atoms with E-state index >= 15 is 0 Å². The third-order valence-electron chi connectivity index (χ3n) is 3.55. The Bertz CT molecular complexity index is 700. The number of amides is 1. The maximum atomic E-state index is 13.5. The number of carbonyl (C=O) groups excluding carboxylic acids is 1. The van der Waals surface area contributed by atoms with E-state index in [0.717, 1.165) is 5.69 Å². The number of benzene rings is 1. The predicted octanol–water partition coefficient (Wildman–Crippen LogP) is 1.40. The molecule has 0 fully saturated rings. The van der Waals surface area contributed by atoms with Gasteiger partial charge in [0.05, 0.1) is 11.8 Å². The summed E-state index contributed by atoms with van der Waals surface area (Å²) in [6, 6.07) is 5.90. The van der Waals surface area contributed by atoms with Crippen LogP contribution in [0.15, 0.2) is 24.3 Å². The molecular formula is C16H20FN3O3. The summed E-state index contributed by atoms with van der Waals surface area (Å²) in [6.07, 6.45) is -1.11. The van der Waals surface area contributed by atoms with Crippen molar-refractivity contribution < 1.29 is 19.0 Å². The van der Waals surface area contributed by atoms with Gasteiger partial charge in [0.25, 0.3) is 5.91 Å². The van der Waals surface area contributed by atoms with Gasteiger partial charge in [0.2, 0.25) is 0 Å². The molecule has 1 aromatic heterocycles. The Labute approximate surface area is 133 Å². The molecule has 2 N–H and O–H groups in total. The van der Waals surface area contributed by atoms with Gasteiger partial charge in [-0.15, -0.1) is 0 Å². The van der Waals surface area contributed by atoms with Crippen molar-refractivity contribution in [3.8, 4) is 5.75 Å². The standard InChI is InChI=1S/C16H20FN3O3/c1-10-16(11(2)20(3)19-10)23-9-15(22)18-8-14(21)12-6-4-5-7-13(12)17/h4-7,14,21H,8-9H2,1-3H3,(H,18,22)/t14-/m0/s1. The Morgan fingerprint density at radius 1 is 1.43 bits per heavy atom. The van der Waals surface area contributed by atoms with Gasteiger partial charge in [0, 0.05) is 19.2 Å². The van der Waals surface area contributed by atoms with Crippen LogP contribution in [0.3, 0.4) is 0 Å². The maximum Gasteiger partial charge on any atom is 0.258 e. The summed E-state index contributed by atoms with van der Waals surface area (Å²) in [5, 5.41) is 16.6. The minimum atomic E-state index is -1.11. The quantitative estimate of drug-likeness (QED) is 0.843. The zero-order chi connectivity index (χ0) is 17.0. The molecule has 1 aromatic carbocycles. The number of halogens is 1. The van der Waals surface area contributed by atoms with E-state index in [-0.39, 0.29) is 18.7 Å². The fraction of sp³-hybridized carbons (Fsp3) is 0.375. The summed E-state index contributed by atoms with van der Waals surface area (Å²) in [7, 11) is 1.79. The Kier molecular flexibility index (Phi) is 5.33. The molecule has 0 bridgehead atoms. The van der Waals surface area contributed by atoms with Crippen LogP contribution in [-0.4, -0.2) is 33.9 Å². The van der Waals surface area contributed by atoms with Crippen LogP contribution in [-0.2, 0) is 11.8 Å². The number of nitrogens with one attached hydrogen (secondary N) is 1. The van der Waals surface area contributed by atoms with Gasteiger partial charge in [0.15, 0.2) is 12.4 Å². The van der Waals surface area contributed by atoms with Gasteiger partial charge >= 0.3 is 0 Å². The Hall–Kier alpha value is -2.41. The number of hydrogen-bond donors (Lipinski definition) is 2. The lowest BCUT2D eigenvalue weighted by Crippen LogP contribution is -2.32. The molecule has 124 valence electrons. The van der Waals surface area contributed by atoms with Gasteiger partial charge in [-0.3, -0.25) is 9.48 Å². The molecule has 0 unspecified atom stereocenters. The van der Waals surface area contributed by atoms with Crippen LogP contribution in [0.4, 0.5) is 4.39 Å². The molecule has 2 rings (SSSR count). The highest BCUT2D eigenvalue weighted by Gasteiger charge is 2.15. The number of aliphatic hydroxyl groups excluding tert-OH is 1. The Morgan fingerprint density at radius 3 is 2.74 bits per heavy atom. The van der Waals surface area contributed by atoms with Crippen LogP contribution in [0.5, 0.6) is 5.75 Å². The molecule has 2 aromatic rings. The van der Waals surface area contributed by atoms with Crippen LogP contribution in [0.25, 0.3) is 0 Å². The van der Waals surface area contributed by atoms with Crippen molar-refractivity contribution in [2.75, 3.05) is 13.2 Å². The number of hydrogen-bond acceptors (Lipinski definition) is 4. The second-order valence-electron chi connectivity index (χ2n) is 5.25. The van der Waals surface area contributed by atoms with E-state index in [1.54, 1.807) is 24.7 Å². The molecule has 0 saturated carbocycles. The van der Waals surface area contributed by atoms with E-state index in [2.05, 4.69) is 10.4 Å². The van der Waals surface area contributed by atoms with E-state index in [0.29, 0.717) is 11.4 Å². The summed E-state index contributed by atoms with van der Waals surface area (Å²) in [4.78, 5) is 11.8. The topological polar surface area (TPSA) is 76.4 Å². The van der Waals surface area contributed by atoms with E-state index < -0.39 is 17.8 Å². The predicted molar refractivity (Wildman–Crippen MR) is 82.5 cm³/mol. The number of ether oxygens (including phenoxy) is 1. The second-order valence-corrected chi connectivity index (χ2v) is 5.25. The van der Waals surface area contributed by atoms with Crippen molar-refractivity contribution >= 4 is 5.91 Å². The third kappa shape index (κ3) is 4.07. The minimum absolute atomic E-state index is 0.0892. The van der Waals surface area contributed by atoms with Crippen LogP contribution in [0, 0.1) is 19.7 Å². The first-order valence-corrected chi connectivity index (χ1v) is 7.22. The second kappa shape index (κ2) is 7.23. The average Bonchev–Trinajstić information content (AvgIpc) is 2.76. The molecule has 23 heavy (non-hydrogen) atoms. The molecule has 0 aliphatic rings. The third-order valence-corrected chi connectivity index (χ3v) is 3.55. The molecule has 1 heterocycles. The highest BCUT2D eigenvalue weighted by atomic mass is 19.1. The van der Waals surface area contributed by atoms with Gasteiger partial charge in [0.1, 0.15) is 11.5 Å². The average molecular weight is 321 g/mol. The van der Waals surface area contributed by atoms with Crippen molar-refractivity contribution in [2.24, 2.45) is 7.05 Å². The van der Waals surface area contributed by atoms with Crippen LogP contribution in [0.2, 0.25) is 0 Å². The SMILES string of the molecule is Cc1nn(C)c(C)c1OCC(=O)NC[C@H](O)c1ccccc1F. The minimum Gasteiger partial charge on any atom is -0.480 e. The lowest BCUT2D eigenvalue weighted by Gasteiger charge is -2.13. The first-order chi connectivity index (χ1) is 10.9. The number of rotatable bonds is 6. The first kappa shape index (κ1) is 17.0. The summed E-state index contributed by atoms with van der Waals surface area (Å²) in [5.74, 6) is -0.340. The summed E-state index contributed by atoms with van der Waals surface area (Å²) in [6.45, 7) is 3.35. The molecule has 0 radical (unpaired) electrons. The fourth-order valence-electron chi connectivity index (χ4n) is 2.22. The lowest BCUT2D eigenvalue weighted by molar-refractivity contribution is -0.123. The van der Waals surface area contributed by atoms with Gasteiger partial charge in [-0.2, -0.15) is 5.10 Å². The molecule has 6 nitrogen and oxygen atoms in total. The molecule has 0 aliphatic heterocycles. The molecule has 0 aliphatic carbocycles. The number of aryl methyl sites for hydroxylation is 2. The van der Waals surface area contributed by atoms with E-state index in [1.165, 1.54) is 18.2 Å². The molecular weight excluding hydrogens is 301 g/mol. The van der Waals surface area contributed by atoms with Crippen molar-refractivity contribution in [1.29, 1.82) is 0 Å². The maximum absolute atomic E-state index is 13.5. The summed E-state index contributed by atoms with van der Waals surface area (Å²) >= 11 is 0. The molecule has 7 heteroatoms. The van der Waals surface area contributed by atoms with Gasteiger partial charge < -0.3 is 15.2 Å². The summed E-state index contributed by atoms with van der Waals surface area (Å²) in [5.41, 5.74) is 1.67. The number of carbonyl (C=O) groups is 1. The molecule has 1 amide bonds. The van der Waals surface area contributed by atoms with E-state index in [4.69, 9.17) is 4.74 Å². The monoisotopic (exact) mass is 321 g/mol. The van der Waals surface area contributed by atoms with E-state index in [1.807, 2.05) is 6.92 Å². The highest BCUT2D eigenvalue weighted by molar-refractivity contribution is 5.77. The van der Waals surface area contributed by atoms with Gasteiger partial charge in [-0.1, -0.05) is 18.2 Å². The highest BCUT2D eigenvalue weighted by Crippen LogP contribution is 2.21. The van der Waals surface area contributed by atoms with Crippen LogP contribution < -0.4 is 10.1 Å². The van der Waals surface area contributed by atoms with E-state index in [9.17, 15) is 14.3 Å². The molecule has 1 atom stereocenters. The number of aromatic nitrogens is 2. The fourth-order valence-corrected chi connectivity index (χ4v) is 2.22. The summed E-state index contributed by atoms with van der Waals surface area (Å²) < 4.78 is 20.7. The lowest BCUT2D eigenvalue weighted by atomic mass is 10.1. The smallest absolute Gasteiger partial charge is 0.258 e. The first-order valence-electron chi connectivity index (χ1n) is 7.22. The molecule has 0 saturated heterocycles. The zero-order valence-electron chi connectivity index (χ0n) is 13.3. The number of aliphatic hydroxyl groups is 1. The van der Waals surface area contributed by atoms with Crippen LogP contribution >= 0.6 is 0 Å². The zero-order valence-corrected chi connectivity index (χ0v) is 13.3. The van der Waals surface area contributed by atoms with Gasteiger partial charge in [-0.25, -0.2) is 4.39 Å². The van der Waals surface area contributed by atoms with Crippen molar-refractivity contribution in [3.05, 3.63) is 47.0 Å². The Morgan fingerprint density at radius 2 is 2.13 bits per heavy atom. The van der Waals surface area contributed by atoms with Crippen LogP contribution in [0.1, 0.15) is 23.1 Å². The van der Waals surface area contributed by atoms with Crippen molar-refractivity contribution in [1.82, 2.24) is 15.1 Å².